The highest BCUT2D eigenvalue weighted by molar-refractivity contribution is 6.09. The number of carbonyl (C=O) groups is 1. The first-order valence-corrected chi connectivity index (χ1v) is 7.12. The van der Waals surface area contributed by atoms with Gasteiger partial charge in [0.1, 0.15) is 11.6 Å². The Labute approximate surface area is 132 Å². The summed E-state index contributed by atoms with van der Waals surface area (Å²) in [5.74, 6) is -1.24. The van der Waals surface area contributed by atoms with Crippen LogP contribution in [0.5, 0.6) is 0 Å². The molecule has 2 N–H and O–H groups in total. The summed E-state index contributed by atoms with van der Waals surface area (Å²) in [6, 6.07) is 15.1. The van der Waals surface area contributed by atoms with Crippen LogP contribution in [0.2, 0.25) is 0 Å². The molecule has 0 fully saturated rings. The second-order valence-electron chi connectivity index (χ2n) is 5.14. The third-order valence-electron chi connectivity index (χ3n) is 3.78. The summed E-state index contributed by atoms with van der Waals surface area (Å²) >= 11 is 0. The summed E-state index contributed by atoms with van der Waals surface area (Å²) < 4.78 is 2.03. The lowest BCUT2D eigenvalue weighted by Gasteiger charge is -2.04. The van der Waals surface area contributed by atoms with Crippen LogP contribution in [0.1, 0.15) is 5.56 Å². The van der Waals surface area contributed by atoms with Crippen LogP contribution in [0.3, 0.4) is 0 Å². The molecule has 5 heteroatoms. The Hall–Kier alpha value is -3.10. The van der Waals surface area contributed by atoms with Gasteiger partial charge in [0.05, 0.1) is 6.61 Å². The van der Waals surface area contributed by atoms with Gasteiger partial charge in [-0.2, -0.15) is 5.26 Å². The number of fused-ring (bicyclic) bond motifs is 3. The van der Waals surface area contributed by atoms with Crippen LogP contribution in [0, 0.1) is 11.3 Å². The van der Waals surface area contributed by atoms with E-state index in [0.29, 0.717) is 12.1 Å². The Kier molecular flexibility index (Phi) is 3.83. The van der Waals surface area contributed by atoms with Gasteiger partial charge >= 0.3 is 5.97 Å². The molecular formula is C18H14N2O3. The molecule has 0 radical (unpaired) electrons. The van der Waals surface area contributed by atoms with Gasteiger partial charge in [-0.05, 0) is 29.8 Å². The molecule has 2 aromatic carbocycles. The Bertz CT molecular complexity index is 977. The molecule has 5 nitrogen and oxygen atoms in total. The van der Waals surface area contributed by atoms with Crippen LogP contribution in [0.4, 0.5) is 0 Å². The lowest BCUT2D eigenvalue weighted by atomic mass is 10.1. The first-order chi connectivity index (χ1) is 11.2. The second kappa shape index (κ2) is 5.95. The minimum Gasteiger partial charge on any atom is -0.477 e. The number of benzene rings is 2. The molecule has 1 heterocycles. The van der Waals surface area contributed by atoms with E-state index in [4.69, 9.17) is 10.4 Å². The van der Waals surface area contributed by atoms with Crippen LogP contribution < -0.4 is 0 Å². The molecule has 0 bridgehead atoms. The van der Waals surface area contributed by atoms with Gasteiger partial charge in [0.2, 0.25) is 0 Å². The molecule has 114 valence electrons. The third kappa shape index (κ3) is 2.56. The molecule has 0 aliphatic heterocycles. The predicted octanol–water partition coefficient (Wildman–Crippen LogP) is 2.78. The maximum absolute atomic E-state index is 11.0. The molecule has 0 spiro atoms. The summed E-state index contributed by atoms with van der Waals surface area (Å²) in [4.78, 5) is 11.0. The van der Waals surface area contributed by atoms with E-state index < -0.39 is 5.97 Å². The summed E-state index contributed by atoms with van der Waals surface area (Å²) in [5, 5.41) is 29.1. The number of aliphatic carboxylic acids is 1. The average Bonchev–Trinajstić information content (AvgIpc) is 2.87. The third-order valence-corrected chi connectivity index (χ3v) is 3.78. The van der Waals surface area contributed by atoms with E-state index in [2.05, 4.69) is 0 Å². The molecule has 0 saturated heterocycles. The van der Waals surface area contributed by atoms with Gasteiger partial charge in [-0.3, -0.25) is 0 Å². The van der Waals surface area contributed by atoms with E-state index in [1.54, 1.807) is 12.1 Å². The maximum Gasteiger partial charge on any atom is 0.346 e. The van der Waals surface area contributed by atoms with Gasteiger partial charge in [-0.1, -0.05) is 24.3 Å². The first-order valence-electron chi connectivity index (χ1n) is 7.12. The van der Waals surface area contributed by atoms with E-state index in [1.165, 1.54) is 6.08 Å². The lowest BCUT2D eigenvalue weighted by Crippen LogP contribution is -2.01. The lowest BCUT2D eigenvalue weighted by molar-refractivity contribution is -0.132. The van der Waals surface area contributed by atoms with Gasteiger partial charge in [-0.15, -0.1) is 0 Å². The molecule has 0 aliphatic rings. The summed E-state index contributed by atoms with van der Waals surface area (Å²) in [6.07, 6.45) is 1.36. The van der Waals surface area contributed by atoms with E-state index >= 15 is 0 Å². The quantitative estimate of drug-likeness (QED) is 0.573. The van der Waals surface area contributed by atoms with Crippen LogP contribution in [-0.4, -0.2) is 27.4 Å². The van der Waals surface area contributed by atoms with Crippen molar-refractivity contribution in [2.75, 3.05) is 6.61 Å². The fraction of sp³-hybridized carbons (Fsp3) is 0.111. The van der Waals surface area contributed by atoms with Crippen molar-refractivity contribution >= 4 is 33.9 Å². The largest absolute Gasteiger partial charge is 0.477 e. The Morgan fingerprint density at radius 1 is 1.17 bits per heavy atom. The van der Waals surface area contributed by atoms with E-state index in [9.17, 15) is 9.90 Å². The standard InChI is InChI=1S/C18H14N2O3/c19-11-13(18(22)23)9-12-5-6-17-15(10-12)14-3-1-2-4-16(14)20(17)7-8-21/h1-6,9-10,21H,7-8H2,(H,22,23)/b13-9-. The summed E-state index contributed by atoms with van der Waals surface area (Å²) in [5.41, 5.74) is 2.33. The fourth-order valence-electron chi connectivity index (χ4n) is 2.81. The molecule has 0 amide bonds. The highest BCUT2D eigenvalue weighted by atomic mass is 16.4. The zero-order valence-electron chi connectivity index (χ0n) is 12.2. The van der Waals surface area contributed by atoms with Crippen molar-refractivity contribution in [3.8, 4) is 6.07 Å². The number of aliphatic hydroxyl groups is 1. The van der Waals surface area contributed by atoms with E-state index in [-0.39, 0.29) is 12.2 Å². The molecule has 3 aromatic rings. The molecule has 3 rings (SSSR count). The maximum atomic E-state index is 11.0. The van der Waals surface area contributed by atoms with Crippen molar-refractivity contribution in [3.05, 3.63) is 53.6 Å². The normalized spacial score (nSPS) is 11.7. The Morgan fingerprint density at radius 3 is 2.61 bits per heavy atom. The average molecular weight is 306 g/mol. The van der Waals surface area contributed by atoms with Crippen LogP contribution >= 0.6 is 0 Å². The Balaban J connectivity index is 2.27. The van der Waals surface area contributed by atoms with Gasteiger partial charge in [-0.25, -0.2) is 4.79 Å². The number of rotatable bonds is 4. The fourth-order valence-corrected chi connectivity index (χ4v) is 2.81. The van der Waals surface area contributed by atoms with E-state index in [1.807, 2.05) is 41.0 Å². The van der Waals surface area contributed by atoms with Crippen molar-refractivity contribution in [2.24, 2.45) is 0 Å². The number of carboxylic acids is 1. The smallest absolute Gasteiger partial charge is 0.346 e. The van der Waals surface area contributed by atoms with Crippen molar-refractivity contribution in [3.63, 3.8) is 0 Å². The van der Waals surface area contributed by atoms with Crippen LogP contribution in [-0.2, 0) is 11.3 Å². The number of nitrogens with zero attached hydrogens (tertiary/aromatic N) is 2. The molecule has 23 heavy (non-hydrogen) atoms. The minimum atomic E-state index is -1.24. The van der Waals surface area contributed by atoms with E-state index in [0.717, 1.165) is 21.8 Å². The SMILES string of the molecule is N#C/C(=C/c1ccc2c(c1)c1ccccc1n2CCO)C(=O)O. The van der Waals surface area contributed by atoms with Gasteiger partial charge < -0.3 is 14.8 Å². The topological polar surface area (TPSA) is 86.3 Å². The van der Waals surface area contributed by atoms with Gasteiger partial charge in [0.25, 0.3) is 0 Å². The number of carboxylic acid groups (broad SMARTS) is 1. The Morgan fingerprint density at radius 2 is 1.91 bits per heavy atom. The predicted molar refractivity (Wildman–Crippen MR) is 87.8 cm³/mol. The molecule has 0 atom stereocenters. The summed E-state index contributed by atoms with van der Waals surface area (Å²) in [7, 11) is 0. The van der Waals surface area contributed by atoms with Gasteiger partial charge in [0.15, 0.2) is 0 Å². The molecule has 0 saturated carbocycles. The second-order valence-corrected chi connectivity index (χ2v) is 5.14. The number of hydrogen-bond acceptors (Lipinski definition) is 3. The van der Waals surface area contributed by atoms with Crippen LogP contribution in [0.25, 0.3) is 27.9 Å². The van der Waals surface area contributed by atoms with Crippen molar-refractivity contribution in [1.29, 1.82) is 5.26 Å². The van der Waals surface area contributed by atoms with Crippen molar-refractivity contribution in [2.45, 2.75) is 6.54 Å². The zero-order chi connectivity index (χ0) is 16.4. The zero-order valence-corrected chi connectivity index (χ0v) is 12.2. The first kappa shape index (κ1) is 14.8. The molecule has 0 aliphatic carbocycles. The van der Waals surface area contributed by atoms with Crippen LogP contribution in [0.15, 0.2) is 48.0 Å². The van der Waals surface area contributed by atoms with Gasteiger partial charge in [0, 0.05) is 28.4 Å². The minimum absolute atomic E-state index is 0.0347. The highest BCUT2D eigenvalue weighted by Gasteiger charge is 2.11. The summed E-state index contributed by atoms with van der Waals surface area (Å²) in [6.45, 7) is 0.519. The number of hydrogen-bond donors (Lipinski definition) is 2. The van der Waals surface area contributed by atoms with Crippen molar-refractivity contribution in [1.82, 2.24) is 4.57 Å². The number of aromatic nitrogens is 1. The highest BCUT2D eigenvalue weighted by Crippen LogP contribution is 2.30. The molecule has 0 unspecified atom stereocenters. The number of nitriles is 1. The van der Waals surface area contributed by atoms with Crippen molar-refractivity contribution < 1.29 is 15.0 Å². The monoisotopic (exact) mass is 306 g/mol. The number of aliphatic hydroxyl groups excluding tert-OH is 1. The molecule has 1 aromatic heterocycles. The molecular weight excluding hydrogens is 292 g/mol. The number of para-hydroxylation sites is 1.